The second-order valence-corrected chi connectivity index (χ2v) is 11.6. The van der Waals surface area contributed by atoms with E-state index in [9.17, 15) is 19.2 Å². The Labute approximate surface area is 270 Å². The van der Waals surface area contributed by atoms with E-state index in [1.165, 1.54) is 31.4 Å². The minimum atomic E-state index is -0.815. The highest BCUT2D eigenvalue weighted by Crippen LogP contribution is 2.23. The normalized spacial score (nSPS) is 11.5. The standard InChI is InChI=1S/C37H46O9/c1-5-27(4)25-44-36(40)32-23-29-17-20-31(24-33(29)46-37(32)41)45-35(39)28-15-18-30(19-16-28)42-21-13-11-9-7-6-8-10-12-14-22-43-34(38)26(2)3/h15-20,23-24,27H,2,5-14,21-22,25H2,1,3-4H3. The van der Waals surface area contributed by atoms with Crippen LogP contribution in [0.15, 0.2) is 69.9 Å². The summed E-state index contributed by atoms with van der Waals surface area (Å²) >= 11 is 0. The van der Waals surface area contributed by atoms with Crippen molar-refractivity contribution in [2.45, 2.75) is 85.0 Å². The Hall–Kier alpha value is -4.40. The van der Waals surface area contributed by atoms with Crippen molar-refractivity contribution in [2.24, 2.45) is 5.92 Å². The molecule has 0 aliphatic heterocycles. The first-order valence-corrected chi connectivity index (χ1v) is 16.2. The van der Waals surface area contributed by atoms with E-state index in [4.69, 9.17) is 23.4 Å². The van der Waals surface area contributed by atoms with Crippen molar-refractivity contribution in [3.8, 4) is 11.5 Å². The van der Waals surface area contributed by atoms with Crippen LogP contribution in [0.1, 0.15) is 106 Å². The van der Waals surface area contributed by atoms with Gasteiger partial charge in [0.15, 0.2) is 0 Å². The zero-order valence-corrected chi connectivity index (χ0v) is 27.3. The van der Waals surface area contributed by atoms with Gasteiger partial charge in [0, 0.05) is 17.0 Å². The summed E-state index contributed by atoms with van der Waals surface area (Å²) in [5.74, 6) is -0.537. The first-order chi connectivity index (χ1) is 22.2. The molecule has 0 spiro atoms. The van der Waals surface area contributed by atoms with Gasteiger partial charge in [0.05, 0.1) is 25.4 Å². The largest absolute Gasteiger partial charge is 0.494 e. The van der Waals surface area contributed by atoms with Crippen LogP contribution < -0.4 is 15.1 Å². The Balaban J connectivity index is 1.33. The molecule has 0 radical (unpaired) electrons. The molecule has 3 aromatic rings. The molecule has 1 aromatic heterocycles. The van der Waals surface area contributed by atoms with E-state index in [0.29, 0.717) is 35.5 Å². The molecule has 0 amide bonds. The SMILES string of the molecule is C=C(C)C(=O)OCCCCCCCCCCCOc1ccc(C(=O)Oc2ccc3cc(C(=O)OCC(C)CC)c(=O)oc3c2)cc1. The molecule has 1 heterocycles. The molecule has 0 saturated heterocycles. The minimum absolute atomic E-state index is 0.178. The molecule has 46 heavy (non-hydrogen) atoms. The Morgan fingerprint density at radius 2 is 1.39 bits per heavy atom. The number of esters is 3. The van der Waals surface area contributed by atoms with Crippen LogP contribution in [0.5, 0.6) is 11.5 Å². The van der Waals surface area contributed by atoms with E-state index >= 15 is 0 Å². The highest BCUT2D eigenvalue weighted by Gasteiger charge is 2.17. The average Bonchev–Trinajstić information content (AvgIpc) is 3.05. The number of carbonyl (C=O) groups excluding carboxylic acids is 3. The maximum absolute atomic E-state index is 12.7. The lowest BCUT2D eigenvalue weighted by atomic mass is 10.1. The van der Waals surface area contributed by atoms with E-state index in [1.54, 1.807) is 43.3 Å². The van der Waals surface area contributed by atoms with Gasteiger partial charge in [-0.2, -0.15) is 0 Å². The zero-order valence-electron chi connectivity index (χ0n) is 27.3. The lowest BCUT2D eigenvalue weighted by Gasteiger charge is -2.10. The Morgan fingerprint density at radius 3 is 2.02 bits per heavy atom. The number of unbranched alkanes of at least 4 members (excludes halogenated alkanes) is 8. The number of carbonyl (C=O) groups is 3. The van der Waals surface area contributed by atoms with Crippen LogP contribution in [0.2, 0.25) is 0 Å². The Kier molecular flexibility index (Phi) is 15.0. The fraction of sp³-hybridized carbons (Fsp3) is 0.459. The summed E-state index contributed by atoms with van der Waals surface area (Å²) in [4.78, 5) is 48.8. The number of benzene rings is 2. The fourth-order valence-corrected chi connectivity index (χ4v) is 4.48. The summed E-state index contributed by atoms with van der Waals surface area (Å²) in [7, 11) is 0. The Bertz CT molecular complexity index is 1500. The molecular weight excluding hydrogens is 588 g/mol. The first-order valence-electron chi connectivity index (χ1n) is 16.2. The van der Waals surface area contributed by atoms with Gasteiger partial charge in [0.2, 0.25) is 0 Å². The van der Waals surface area contributed by atoms with Crippen molar-refractivity contribution in [1.29, 1.82) is 0 Å². The first kappa shape index (κ1) is 36.1. The zero-order chi connectivity index (χ0) is 33.3. The van der Waals surface area contributed by atoms with Gasteiger partial charge in [-0.3, -0.25) is 0 Å². The molecule has 0 N–H and O–H groups in total. The number of rotatable bonds is 20. The molecule has 0 aliphatic carbocycles. The highest BCUT2D eigenvalue weighted by molar-refractivity contribution is 5.94. The molecule has 1 atom stereocenters. The van der Waals surface area contributed by atoms with Crippen LogP contribution in [0, 0.1) is 5.92 Å². The van der Waals surface area contributed by atoms with Gasteiger partial charge < -0.3 is 23.4 Å². The van der Waals surface area contributed by atoms with E-state index in [0.717, 1.165) is 44.9 Å². The van der Waals surface area contributed by atoms with Gasteiger partial charge >= 0.3 is 23.5 Å². The second-order valence-electron chi connectivity index (χ2n) is 11.6. The molecule has 0 saturated carbocycles. The molecule has 3 rings (SSSR count). The number of hydrogen-bond donors (Lipinski definition) is 0. The summed E-state index contributed by atoms with van der Waals surface area (Å²) in [6.45, 7) is 10.5. The second kappa shape index (κ2) is 19.2. The van der Waals surface area contributed by atoms with Crippen molar-refractivity contribution in [3.63, 3.8) is 0 Å². The number of ether oxygens (including phenoxy) is 4. The van der Waals surface area contributed by atoms with Crippen molar-refractivity contribution in [1.82, 2.24) is 0 Å². The van der Waals surface area contributed by atoms with Gasteiger partial charge in [-0.25, -0.2) is 19.2 Å². The van der Waals surface area contributed by atoms with Crippen molar-refractivity contribution in [3.05, 3.63) is 82.2 Å². The lowest BCUT2D eigenvalue weighted by Crippen LogP contribution is -2.19. The number of hydrogen-bond acceptors (Lipinski definition) is 9. The maximum Gasteiger partial charge on any atom is 0.351 e. The number of fused-ring (bicyclic) bond motifs is 1. The summed E-state index contributed by atoms with van der Waals surface area (Å²) in [6.07, 6.45) is 10.8. The Morgan fingerprint density at radius 1 is 0.783 bits per heavy atom. The third-order valence-corrected chi connectivity index (χ3v) is 7.56. The quantitative estimate of drug-likeness (QED) is 0.0398. The molecule has 2 aromatic carbocycles. The monoisotopic (exact) mass is 634 g/mol. The van der Waals surface area contributed by atoms with Gasteiger partial charge in [-0.05, 0) is 68.1 Å². The predicted octanol–water partition coefficient (Wildman–Crippen LogP) is 8.22. The van der Waals surface area contributed by atoms with Gasteiger partial charge in [0.1, 0.15) is 22.6 Å². The summed E-state index contributed by atoms with van der Waals surface area (Å²) < 4.78 is 26.9. The van der Waals surface area contributed by atoms with E-state index in [-0.39, 0.29) is 35.4 Å². The molecule has 1 unspecified atom stereocenters. The molecule has 0 fully saturated rings. The maximum atomic E-state index is 12.7. The third-order valence-electron chi connectivity index (χ3n) is 7.56. The summed E-state index contributed by atoms with van der Waals surface area (Å²) in [5.41, 5.74) is -0.0164. The van der Waals surface area contributed by atoms with Gasteiger partial charge in [0.25, 0.3) is 0 Å². The topological polar surface area (TPSA) is 118 Å². The molecule has 0 bridgehead atoms. The smallest absolute Gasteiger partial charge is 0.351 e. The minimum Gasteiger partial charge on any atom is -0.494 e. The van der Waals surface area contributed by atoms with E-state index in [2.05, 4.69) is 6.58 Å². The van der Waals surface area contributed by atoms with E-state index in [1.807, 2.05) is 13.8 Å². The fourth-order valence-electron chi connectivity index (χ4n) is 4.48. The average molecular weight is 635 g/mol. The van der Waals surface area contributed by atoms with Crippen molar-refractivity contribution >= 4 is 28.9 Å². The molecule has 248 valence electrons. The van der Waals surface area contributed by atoms with Crippen molar-refractivity contribution in [2.75, 3.05) is 19.8 Å². The summed E-state index contributed by atoms with van der Waals surface area (Å²) in [6, 6.07) is 12.8. The third kappa shape index (κ3) is 12.2. The van der Waals surface area contributed by atoms with E-state index < -0.39 is 17.6 Å². The molecule has 9 nitrogen and oxygen atoms in total. The molecule has 0 aliphatic rings. The molecular formula is C37H46O9. The van der Waals surface area contributed by atoms with Crippen LogP contribution >= 0.6 is 0 Å². The van der Waals surface area contributed by atoms with Crippen LogP contribution in [0.25, 0.3) is 11.0 Å². The lowest BCUT2D eigenvalue weighted by molar-refractivity contribution is -0.139. The van der Waals surface area contributed by atoms with Crippen LogP contribution in [0.4, 0.5) is 0 Å². The van der Waals surface area contributed by atoms with Gasteiger partial charge in [-0.15, -0.1) is 0 Å². The van der Waals surface area contributed by atoms with Crippen LogP contribution in [0.3, 0.4) is 0 Å². The van der Waals surface area contributed by atoms with Crippen LogP contribution in [-0.4, -0.2) is 37.7 Å². The van der Waals surface area contributed by atoms with Crippen molar-refractivity contribution < 1.29 is 37.7 Å². The van der Waals surface area contributed by atoms with Gasteiger partial charge in [-0.1, -0.05) is 71.8 Å². The summed E-state index contributed by atoms with van der Waals surface area (Å²) in [5, 5.41) is 0.504. The molecule has 9 heteroatoms. The predicted molar refractivity (Wildman–Crippen MR) is 176 cm³/mol. The van der Waals surface area contributed by atoms with Crippen LogP contribution in [-0.2, 0) is 14.3 Å². The highest BCUT2D eigenvalue weighted by atomic mass is 16.5.